The predicted molar refractivity (Wildman–Crippen MR) is 69.8 cm³/mol. The van der Waals surface area contributed by atoms with E-state index in [1.165, 1.54) is 0 Å². The molecule has 0 aromatic heterocycles. The molecule has 0 fully saturated rings. The van der Waals surface area contributed by atoms with E-state index in [0.717, 1.165) is 12.2 Å². The Bertz CT molecular complexity index is 347. The van der Waals surface area contributed by atoms with Gasteiger partial charge in [-0.3, -0.25) is 0 Å². The molecule has 17 heavy (non-hydrogen) atoms. The summed E-state index contributed by atoms with van der Waals surface area (Å²) in [5, 5.41) is 14.8. The van der Waals surface area contributed by atoms with Crippen LogP contribution < -0.4 is 4.90 Å². The van der Waals surface area contributed by atoms with Crippen LogP contribution in [0, 0.1) is 15.3 Å². The first-order chi connectivity index (χ1) is 7.49. The fourth-order valence-electron chi connectivity index (χ4n) is 1.03. The van der Waals surface area contributed by atoms with E-state index in [-0.39, 0.29) is 17.1 Å². The Hall–Kier alpha value is -0.951. The number of benzene rings is 1. The first-order valence-corrected chi connectivity index (χ1v) is 5.15. The Balaban J connectivity index is 0. The molecule has 0 saturated carbocycles. The van der Waals surface area contributed by atoms with Gasteiger partial charge in [-0.05, 0) is 19.1 Å². The van der Waals surface area contributed by atoms with Gasteiger partial charge in [-0.15, -0.1) is 0 Å². The second-order valence-electron chi connectivity index (χ2n) is 2.57. The van der Waals surface area contributed by atoms with Gasteiger partial charge in [-0.2, -0.15) is 0 Å². The summed E-state index contributed by atoms with van der Waals surface area (Å²) in [5.74, 6) is 0. The molecule has 0 spiro atoms. The molecule has 0 aliphatic carbocycles. The van der Waals surface area contributed by atoms with Crippen LogP contribution in [0.3, 0.4) is 0 Å². The summed E-state index contributed by atoms with van der Waals surface area (Å²) in [6.45, 7) is 2.86. The molecule has 0 bridgehead atoms. The second kappa shape index (κ2) is 10.2. The summed E-state index contributed by atoms with van der Waals surface area (Å²) >= 11 is 9.88. The third-order valence-corrected chi connectivity index (χ3v) is 2.05. The fourth-order valence-corrected chi connectivity index (χ4v) is 1.49. The molecule has 1 aromatic carbocycles. The predicted octanol–water partition coefficient (Wildman–Crippen LogP) is 2.10. The second-order valence-corrected chi connectivity index (χ2v) is 3.60. The number of nitrogens with zero attached hydrogens (tertiary/aromatic N) is 2. The van der Waals surface area contributed by atoms with Crippen LogP contribution in [0.1, 0.15) is 6.92 Å². The molecule has 0 unspecified atom stereocenters. The van der Waals surface area contributed by atoms with Crippen LogP contribution in [0.15, 0.2) is 30.3 Å². The summed E-state index contributed by atoms with van der Waals surface area (Å²) in [6, 6.07) is 9.94. The van der Waals surface area contributed by atoms with Crippen molar-refractivity contribution < 1.29 is 22.2 Å². The SMILES string of the molecule is CCN(C(=S)[S-])c1ccccc1.O=[N+]([O-])[O-].[Cu+2]. The van der Waals surface area contributed by atoms with E-state index < -0.39 is 5.09 Å². The van der Waals surface area contributed by atoms with Crippen LogP contribution in [0.4, 0.5) is 5.69 Å². The molecule has 0 saturated heterocycles. The summed E-state index contributed by atoms with van der Waals surface area (Å²) in [7, 11) is 0. The van der Waals surface area contributed by atoms with Crippen LogP contribution in [0.25, 0.3) is 0 Å². The molecule has 0 amide bonds. The van der Waals surface area contributed by atoms with Crippen molar-refractivity contribution in [3.63, 3.8) is 0 Å². The van der Waals surface area contributed by atoms with Gasteiger partial charge in [0.2, 0.25) is 0 Å². The molecule has 0 aliphatic rings. The van der Waals surface area contributed by atoms with Crippen molar-refractivity contribution in [1.29, 1.82) is 0 Å². The maximum Gasteiger partial charge on any atom is 2.00 e. The molecule has 1 radical (unpaired) electrons. The summed E-state index contributed by atoms with van der Waals surface area (Å²) < 4.78 is 0.503. The van der Waals surface area contributed by atoms with Crippen LogP contribution >= 0.6 is 12.2 Å². The monoisotopic (exact) mass is 321 g/mol. The van der Waals surface area contributed by atoms with E-state index in [1.54, 1.807) is 0 Å². The number of hydrogen-bond acceptors (Lipinski definition) is 5. The van der Waals surface area contributed by atoms with Crippen LogP contribution in [-0.2, 0) is 29.7 Å². The maximum absolute atomic E-state index is 8.25. The van der Waals surface area contributed by atoms with Gasteiger partial charge >= 0.3 is 17.1 Å². The minimum absolute atomic E-state index is 0. The molecule has 1 aromatic rings. The largest absolute Gasteiger partial charge is 2.00 e. The zero-order valence-corrected chi connectivity index (χ0v) is 11.4. The van der Waals surface area contributed by atoms with Gasteiger partial charge in [0.15, 0.2) is 0 Å². The van der Waals surface area contributed by atoms with Crippen molar-refractivity contribution in [2.24, 2.45) is 0 Å². The Kier molecular flexibility index (Phi) is 11.1. The Morgan fingerprint density at radius 1 is 1.41 bits per heavy atom. The first-order valence-electron chi connectivity index (χ1n) is 4.34. The first kappa shape index (κ1) is 18.4. The van der Waals surface area contributed by atoms with Gasteiger partial charge in [0, 0.05) is 12.2 Å². The van der Waals surface area contributed by atoms with E-state index in [1.807, 2.05) is 42.2 Å². The number of hydrogen-bond donors (Lipinski definition) is 0. The van der Waals surface area contributed by atoms with Gasteiger partial charge in [0.25, 0.3) is 0 Å². The number of thiocarbonyl (C=S) groups is 1. The fraction of sp³-hybridized carbons (Fsp3) is 0.222. The van der Waals surface area contributed by atoms with Crippen molar-refractivity contribution in [2.45, 2.75) is 6.92 Å². The van der Waals surface area contributed by atoms with Crippen molar-refractivity contribution in [3.8, 4) is 0 Å². The van der Waals surface area contributed by atoms with Gasteiger partial charge < -0.3 is 45.1 Å². The zero-order chi connectivity index (χ0) is 12.6. The molecule has 0 N–H and O–H groups in total. The summed E-state index contributed by atoms with van der Waals surface area (Å²) in [4.78, 5) is 10.2. The molecule has 0 heterocycles. The Morgan fingerprint density at radius 2 is 1.82 bits per heavy atom. The number of rotatable bonds is 2. The van der Waals surface area contributed by atoms with Crippen molar-refractivity contribution in [1.82, 2.24) is 0 Å². The van der Waals surface area contributed by atoms with Crippen LogP contribution in [0.2, 0.25) is 0 Å². The van der Waals surface area contributed by atoms with Crippen LogP contribution in [0.5, 0.6) is 0 Å². The maximum atomic E-state index is 8.25. The summed E-state index contributed by atoms with van der Waals surface area (Å²) in [5.41, 5.74) is 1.07. The van der Waals surface area contributed by atoms with E-state index in [2.05, 4.69) is 0 Å². The third-order valence-electron chi connectivity index (χ3n) is 1.60. The smallest absolute Gasteiger partial charge is 0.411 e. The van der Waals surface area contributed by atoms with E-state index in [0.29, 0.717) is 4.32 Å². The van der Waals surface area contributed by atoms with Crippen molar-refractivity contribution in [3.05, 3.63) is 45.7 Å². The van der Waals surface area contributed by atoms with Gasteiger partial charge in [-0.25, -0.2) is 0 Å². The number of anilines is 1. The van der Waals surface area contributed by atoms with E-state index in [4.69, 9.17) is 40.2 Å². The van der Waals surface area contributed by atoms with Gasteiger partial charge in [-0.1, -0.05) is 22.5 Å². The third kappa shape index (κ3) is 8.82. The average molecular weight is 322 g/mol. The zero-order valence-electron chi connectivity index (χ0n) is 8.83. The molecular formula is C9H10CuN2O3S2. The minimum Gasteiger partial charge on any atom is -0.411 e. The Labute approximate surface area is 121 Å². The Morgan fingerprint density at radius 3 is 2.12 bits per heavy atom. The number of para-hydroxylation sites is 1. The molecule has 1 rings (SSSR count). The molecular weight excluding hydrogens is 312 g/mol. The molecule has 0 atom stereocenters. The van der Waals surface area contributed by atoms with E-state index >= 15 is 0 Å². The minimum atomic E-state index is -1.75. The van der Waals surface area contributed by atoms with Gasteiger partial charge in [0.1, 0.15) is 0 Å². The molecule has 97 valence electrons. The topological polar surface area (TPSA) is 69.4 Å². The van der Waals surface area contributed by atoms with Gasteiger partial charge in [0.05, 0.1) is 5.09 Å². The normalized spacial score (nSPS) is 8.06. The van der Waals surface area contributed by atoms with E-state index in [9.17, 15) is 0 Å². The standard InChI is InChI=1S/C9H11NS2.Cu.NO3/c1-2-10(9(11)12)8-6-4-3-5-7-8;;2-1(3)4/h3-7H,2H2,1H3,(H,11,12);;/q;+2;-1/p-1. The average Bonchev–Trinajstić information content (AvgIpc) is 2.19. The summed E-state index contributed by atoms with van der Waals surface area (Å²) in [6.07, 6.45) is 0. The van der Waals surface area contributed by atoms with Crippen molar-refractivity contribution >= 4 is 34.9 Å². The quantitative estimate of drug-likeness (QED) is 0.273. The van der Waals surface area contributed by atoms with Crippen LogP contribution in [-0.4, -0.2) is 16.0 Å². The molecule has 0 aliphatic heterocycles. The molecule has 8 heteroatoms. The molecule has 5 nitrogen and oxygen atoms in total. The van der Waals surface area contributed by atoms with Crippen molar-refractivity contribution in [2.75, 3.05) is 11.4 Å².